The molecule has 1 aliphatic heterocycles. The fourth-order valence-corrected chi connectivity index (χ4v) is 9.61. The predicted octanol–water partition coefficient (Wildman–Crippen LogP) is 6.57. The Labute approximate surface area is 255 Å². The summed E-state index contributed by atoms with van der Waals surface area (Å²) in [5.41, 5.74) is 12.7. The highest BCUT2D eigenvalue weighted by Gasteiger charge is 2.49. The van der Waals surface area contributed by atoms with Crippen LogP contribution in [-0.2, 0) is 19.6 Å². The van der Waals surface area contributed by atoms with Crippen molar-refractivity contribution in [2.24, 2.45) is 0 Å². The summed E-state index contributed by atoms with van der Waals surface area (Å²) in [7, 11) is -4.06. The van der Waals surface area contributed by atoms with Crippen molar-refractivity contribution >= 4 is 44.6 Å². The third kappa shape index (κ3) is 5.35. The Hall–Kier alpha value is -4.33. The third-order valence-corrected chi connectivity index (χ3v) is 11.6. The molecule has 2 unspecified atom stereocenters. The Kier molecular flexibility index (Phi) is 8.10. The molecule has 0 N–H and O–H groups in total. The molecule has 5 aromatic carbocycles. The van der Waals surface area contributed by atoms with E-state index in [1.165, 1.54) is 4.31 Å². The second-order valence-corrected chi connectivity index (χ2v) is 13.9. The molecule has 6 nitrogen and oxygen atoms in total. The van der Waals surface area contributed by atoms with Gasteiger partial charge in [-0.3, -0.25) is 4.79 Å². The Bertz CT molecular complexity index is 1810. The lowest BCUT2D eigenvalue weighted by Gasteiger charge is -2.37. The first-order chi connectivity index (χ1) is 21.0. The summed E-state index contributed by atoms with van der Waals surface area (Å²) in [4.78, 5) is 15.4. The van der Waals surface area contributed by atoms with Gasteiger partial charge in [-0.05, 0) is 46.0 Å². The lowest BCUT2D eigenvalue weighted by molar-refractivity contribution is -0.107. The SMILES string of the molecule is [N-]=[N+]=C(C=O)C1CC(SC(c2ccccc2)(c2ccccc2)c2ccccc2)CN1S(=O)(=O)c1ccc2ccccc2c1. The van der Waals surface area contributed by atoms with Crippen LogP contribution in [-0.4, -0.2) is 47.3 Å². The monoisotopic (exact) mass is 603 g/mol. The van der Waals surface area contributed by atoms with Crippen LogP contribution in [0.25, 0.3) is 16.3 Å². The summed E-state index contributed by atoms with van der Waals surface area (Å²) >= 11 is 1.66. The van der Waals surface area contributed by atoms with Crippen molar-refractivity contribution in [1.82, 2.24) is 4.31 Å². The van der Waals surface area contributed by atoms with Crippen molar-refractivity contribution in [3.63, 3.8) is 0 Å². The highest BCUT2D eigenvalue weighted by atomic mass is 32.2. The van der Waals surface area contributed by atoms with Crippen molar-refractivity contribution < 1.29 is 18.0 Å². The van der Waals surface area contributed by atoms with E-state index in [1.54, 1.807) is 30.0 Å². The molecular formula is C35H29N3O3S2. The second-order valence-electron chi connectivity index (χ2n) is 10.5. The fourth-order valence-electron chi connectivity index (χ4n) is 5.99. The van der Waals surface area contributed by atoms with E-state index < -0.39 is 20.8 Å². The summed E-state index contributed by atoms with van der Waals surface area (Å²) in [6, 6.07) is 42.2. The number of sulfonamides is 1. The molecular weight excluding hydrogens is 575 g/mol. The van der Waals surface area contributed by atoms with E-state index in [0.717, 1.165) is 27.5 Å². The largest absolute Gasteiger partial charge is 0.361 e. The molecule has 5 aromatic rings. The molecule has 214 valence electrons. The first-order valence-electron chi connectivity index (χ1n) is 14.0. The quantitative estimate of drug-likeness (QED) is 0.0627. The number of carbonyl (C=O) groups excluding carboxylic acids is 1. The number of nitrogens with zero attached hydrogens (tertiary/aromatic N) is 3. The van der Waals surface area contributed by atoms with Crippen molar-refractivity contribution in [2.45, 2.75) is 27.4 Å². The Morgan fingerprint density at radius 1 is 0.767 bits per heavy atom. The smallest absolute Gasteiger partial charge is 0.349 e. The van der Waals surface area contributed by atoms with Gasteiger partial charge in [-0.1, -0.05) is 121 Å². The Balaban J connectivity index is 1.47. The van der Waals surface area contributed by atoms with Crippen LogP contribution in [0, 0.1) is 0 Å². The minimum Gasteiger partial charge on any atom is -0.361 e. The third-order valence-electron chi connectivity index (χ3n) is 8.01. The summed E-state index contributed by atoms with van der Waals surface area (Å²) < 4.78 is 29.1. The molecule has 0 saturated carbocycles. The molecule has 1 heterocycles. The fraction of sp³-hybridized carbons (Fsp3) is 0.143. The summed E-state index contributed by atoms with van der Waals surface area (Å²) in [6.45, 7) is 0.131. The minimum absolute atomic E-state index is 0.130. The maximum absolute atomic E-state index is 14.2. The lowest BCUT2D eigenvalue weighted by Crippen LogP contribution is -2.41. The zero-order valence-corrected chi connectivity index (χ0v) is 24.9. The van der Waals surface area contributed by atoms with Crippen molar-refractivity contribution in [3.8, 4) is 0 Å². The van der Waals surface area contributed by atoms with Gasteiger partial charge < -0.3 is 5.53 Å². The van der Waals surface area contributed by atoms with Gasteiger partial charge in [0.25, 0.3) is 0 Å². The zero-order valence-electron chi connectivity index (χ0n) is 23.2. The standard InChI is InChI=1S/C35H29N3O3S2/c36-37-33(25-39)34-23-31(24-38(34)43(40,41)32-21-20-26-12-10-11-13-27(26)22-32)42-35(28-14-4-1-5-15-28,29-16-6-2-7-17-29)30-18-8-3-9-19-30/h1-22,25,31,34H,23-24H2. The number of benzene rings is 5. The maximum Gasteiger partial charge on any atom is 0.349 e. The lowest BCUT2D eigenvalue weighted by atomic mass is 9.84. The van der Waals surface area contributed by atoms with Crippen molar-refractivity contribution in [2.75, 3.05) is 6.54 Å². The number of rotatable bonds is 9. The molecule has 0 aromatic heterocycles. The van der Waals surface area contributed by atoms with Gasteiger partial charge >= 0.3 is 5.71 Å². The topological polar surface area (TPSA) is 90.8 Å². The molecule has 6 rings (SSSR count). The average Bonchev–Trinajstić information content (AvgIpc) is 3.49. The predicted molar refractivity (Wildman–Crippen MR) is 172 cm³/mol. The molecule has 1 fully saturated rings. The molecule has 0 radical (unpaired) electrons. The van der Waals surface area contributed by atoms with Gasteiger partial charge in [0.05, 0.1) is 9.64 Å². The molecule has 0 bridgehead atoms. The van der Waals surface area contributed by atoms with Gasteiger partial charge in [0.1, 0.15) is 6.04 Å². The molecule has 1 saturated heterocycles. The van der Waals surface area contributed by atoms with E-state index in [4.69, 9.17) is 0 Å². The number of hydrogen-bond acceptors (Lipinski definition) is 4. The summed E-state index contributed by atoms with van der Waals surface area (Å²) in [5.74, 6) is 0. The maximum atomic E-state index is 14.2. The van der Waals surface area contributed by atoms with E-state index in [1.807, 2.05) is 78.9 Å². The van der Waals surface area contributed by atoms with E-state index in [0.29, 0.717) is 12.7 Å². The molecule has 0 spiro atoms. The van der Waals surface area contributed by atoms with E-state index in [9.17, 15) is 18.7 Å². The molecule has 8 heteroatoms. The molecule has 0 amide bonds. The highest BCUT2D eigenvalue weighted by molar-refractivity contribution is 8.01. The van der Waals surface area contributed by atoms with Crippen LogP contribution in [0.5, 0.6) is 0 Å². The van der Waals surface area contributed by atoms with Gasteiger partial charge in [0.2, 0.25) is 16.3 Å². The summed E-state index contributed by atoms with van der Waals surface area (Å²) in [6.07, 6.45) is 0.739. The van der Waals surface area contributed by atoms with Crippen molar-refractivity contribution in [3.05, 3.63) is 156 Å². The second kappa shape index (κ2) is 12.1. The first-order valence-corrected chi connectivity index (χ1v) is 16.3. The number of carbonyl (C=O) groups is 1. The van der Waals surface area contributed by atoms with Gasteiger partial charge in [-0.25, -0.2) is 8.42 Å². The molecule has 1 aliphatic rings. The van der Waals surface area contributed by atoms with E-state index >= 15 is 0 Å². The van der Waals surface area contributed by atoms with Crippen LogP contribution in [0.2, 0.25) is 0 Å². The number of aldehydes is 1. The van der Waals surface area contributed by atoms with Crippen LogP contribution in [0.1, 0.15) is 23.1 Å². The average molecular weight is 604 g/mol. The number of fused-ring (bicyclic) bond motifs is 1. The Morgan fingerprint density at radius 2 is 1.28 bits per heavy atom. The molecule has 43 heavy (non-hydrogen) atoms. The highest BCUT2D eigenvalue weighted by Crippen LogP contribution is 2.52. The number of thioether (sulfide) groups is 1. The Morgan fingerprint density at radius 3 is 1.79 bits per heavy atom. The van der Waals surface area contributed by atoms with Gasteiger partial charge in [-0.2, -0.15) is 9.10 Å². The van der Waals surface area contributed by atoms with Crippen LogP contribution in [0.4, 0.5) is 0 Å². The minimum atomic E-state index is -4.06. The van der Waals surface area contributed by atoms with Crippen LogP contribution in [0.15, 0.2) is 138 Å². The normalized spacial score (nSPS) is 17.4. The van der Waals surface area contributed by atoms with Gasteiger partial charge in [0.15, 0.2) is 0 Å². The van der Waals surface area contributed by atoms with Crippen molar-refractivity contribution in [1.29, 1.82) is 0 Å². The van der Waals surface area contributed by atoms with Crippen LogP contribution < -0.4 is 0 Å². The van der Waals surface area contributed by atoms with Gasteiger partial charge in [-0.15, -0.1) is 11.8 Å². The van der Waals surface area contributed by atoms with Crippen LogP contribution >= 0.6 is 11.8 Å². The van der Waals surface area contributed by atoms with Gasteiger partial charge in [0, 0.05) is 11.8 Å². The van der Waals surface area contributed by atoms with Crippen LogP contribution in [0.3, 0.4) is 0 Å². The van der Waals surface area contributed by atoms with E-state index in [-0.39, 0.29) is 22.4 Å². The molecule has 2 atom stereocenters. The first kappa shape index (κ1) is 28.8. The zero-order chi connectivity index (χ0) is 29.9. The van der Waals surface area contributed by atoms with E-state index in [2.05, 4.69) is 41.2 Å². The molecule has 0 aliphatic carbocycles. The number of hydrogen-bond donors (Lipinski definition) is 0. The summed E-state index contributed by atoms with van der Waals surface area (Å²) in [5, 5.41) is 1.47.